The van der Waals surface area contributed by atoms with Crippen LogP contribution in [0.4, 0.5) is 4.39 Å². The number of benzene rings is 1. The fraction of sp³-hybridized carbons (Fsp3) is 0.533. The van der Waals surface area contributed by atoms with Gasteiger partial charge in [0.2, 0.25) is 0 Å². The maximum Gasteiger partial charge on any atom is 0.309 e. The SMILES string of the molecule is CCOC(=O)C1CC[NH+](Cc2ccc(F)c(Br)c2)CC1. The van der Waals surface area contributed by atoms with Crippen LogP contribution in [-0.2, 0) is 16.1 Å². The molecule has 1 heterocycles. The zero-order chi connectivity index (χ0) is 14.5. The molecule has 0 aromatic heterocycles. The first-order valence-electron chi connectivity index (χ1n) is 7.04. The molecule has 1 N–H and O–H groups in total. The number of hydrogen-bond acceptors (Lipinski definition) is 2. The Labute approximate surface area is 127 Å². The molecule has 1 aromatic rings. The maximum atomic E-state index is 13.2. The second-order valence-electron chi connectivity index (χ2n) is 5.20. The van der Waals surface area contributed by atoms with Gasteiger partial charge in [-0.2, -0.15) is 0 Å². The lowest BCUT2D eigenvalue weighted by molar-refractivity contribution is -0.919. The molecule has 5 heteroatoms. The zero-order valence-corrected chi connectivity index (χ0v) is 13.2. The Balaban J connectivity index is 1.85. The van der Waals surface area contributed by atoms with Crippen molar-refractivity contribution in [2.75, 3.05) is 19.7 Å². The number of halogens is 2. The van der Waals surface area contributed by atoms with Crippen LogP contribution in [0.1, 0.15) is 25.3 Å². The predicted octanol–water partition coefficient (Wildman–Crippen LogP) is 1.95. The third-order valence-corrected chi connectivity index (χ3v) is 4.36. The predicted molar refractivity (Wildman–Crippen MR) is 77.9 cm³/mol. The van der Waals surface area contributed by atoms with Gasteiger partial charge < -0.3 is 9.64 Å². The number of rotatable bonds is 4. The molecule has 110 valence electrons. The molecule has 3 nitrogen and oxygen atoms in total. The molecule has 0 aliphatic carbocycles. The molecule has 0 bridgehead atoms. The van der Waals surface area contributed by atoms with E-state index in [2.05, 4.69) is 15.9 Å². The van der Waals surface area contributed by atoms with Crippen molar-refractivity contribution in [3.05, 3.63) is 34.1 Å². The summed E-state index contributed by atoms with van der Waals surface area (Å²) in [6, 6.07) is 5.15. The number of piperidine rings is 1. The van der Waals surface area contributed by atoms with E-state index < -0.39 is 0 Å². The zero-order valence-electron chi connectivity index (χ0n) is 11.6. The highest BCUT2D eigenvalue weighted by Gasteiger charge is 2.28. The molecular formula is C15H20BrFNO2+. The van der Waals surface area contributed by atoms with Crippen molar-refractivity contribution < 1.29 is 18.8 Å². The van der Waals surface area contributed by atoms with Crippen LogP contribution in [0.2, 0.25) is 0 Å². The maximum absolute atomic E-state index is 13.2. The van der Waals surface area contributed by atoms with Crippen molar-refractivity contribution >= 4 is 21.9 Å². The highest BCUT2D eigenvalue weighted by molar-refractivity contribution is 9.10. The summed E-state index contributed by atoms with van der Waals surface area (Å²) in [6.45, 7) is 5.07. The number of hydrogen-bond donors (Lipinski definition) is 1. The molecular weight excluding hydrogens is 325 g/mol. The van der Waals surface area contributed by atoms with Crippen LogP contribution in [0.3, 0.4) is 0 Å². The van der Waals surface area contributed by atoms with Gasteiger partial charge in [0.05, 0.1) is 30.1 Å². The molecule has 1 fully saturated rings. The first-order valence-corrected chi connectivity index (χ1v) is 7.83. The summed E-state index contributed by atoms with van der Waals surface area (Å²) in [5.41, 5.74) is 1.11. The van der Waals surface area contributed by atoms with Crippen molar-refractivity contribution in [3.63, 3.8) is 0 Å². The van der Waals surface area contributed by atoms with Gasteiger partial charge in [0.1, 0.15) is 12.4 Å². The van der Waals surface area contributed by atoms with Gasteiger partial charge in [-0.3, -0.25) is 4.79 Å². The van der Waals surface area contributed by atoms with E-state index in [0.717, 1.165) is 38.0 Å². The van der Waals surface area contributed by atoms with E-state index >= 15 is 0 Å². The van der Waals surface area contributed by atoms with Crippen molar-refractivity contribution in [3.8, 4) is 0 Å². The average molecular weight is 345 g/mol. The van der Waals surface area contributed by atoms with Crippen LogP contribution in [0.15, 0.2) is 22.7 Å². The molecule has 0 spiro atoms. The molecule has 2 rings (SSSR count). The van der Waals surface area contributed by atoms with Gasteiger partial charge >= 0.3 is 5.97 Å². The van der Waals surface area contributed by atoms with Crippen LogP contribution in [-0.4, -0.2) is 25.7 Å². The largest absolute Gasteiger partial charge is 0.466 e. The van der Waals surface area contributed by atoms with E-state index in [4.69, 9.17) is 4.74 Å². The molecule has 1 aromatic carbocycles. The molecule has 1 saturated heterocycles. The number of esters is 1. The van der Waals surface area contributed by atoms with Gasteiger partial charge in [-0.05, 0) is 35.0 Å². The Kier molecular flexibility index (Phi) is 5.54. The molecule has 20 heavy (non-hydrogen) atoms. The van der Waals surface area contributed by atoms with E-state index in [1.54, 1.807) is 0 Å². The first-order chi connectivity index (χ1) is 9.60. The van der Waals surface area contributed by atoms with Crippen LogP contribution < -0.4 is 4.90 Å². The summed E-state index contributed by atoms with van der Waals surface area (Å²) >= 11 is 3.21. The molecule has 0 radical (unpaired) electrons. The molecule has 1 aliphatic rings. The standard InChI is InChI=1S/C15H19BrFNO2/c1-2-20-15(19)12-5-7-18(8-6-12)10-11-3-4-14(17)13(16)9-11/h3-4,9,12H,2,5-8,10H2,1H3/p+1. The smallest absolute Gasteiger partial charge is 0.309 e. The van der Waals surface area contributed by atoms with Gasteiger partial charge in [0.15, 0.2) is 0 Å². The average Bonchev–Trinajstić information content (AvgIpc) is 2.44. The molecule has 0 atom stereocenters. The topological polar surface area (TPSA) is 30.7 Å². The molecule has 1 aliphatic heterocycles. The Bertz CT molecular complexity index is 473. The van der Waals surface area contributed by atoms with Gasteiger partial charge in [0, 0.05) is 18.4 Å². The monoisotopic (exact) mass is 344 g/mol. The summed E-state index contributed by atoms with van der Waals surface area (Å²) < 4.78 is 18.8. The van der Waals surface area contributed by atoms with E-state index in [0.29, 0.717) is 11.1 Å². The Morgan fingerprint density at radius 3 is 2.75 bits per heavy atom. The fourth-order valence-electron chi connectivity index (χ4n) is 2.64. The minimum Gasteiger partial charge on any atom is -0.466 e. The lowest BCUT2D eigenvalue weighted by atomic mass is 9.96. The molecule has 0 unspecified atom stereocenters. The van der Waals surface area contributed by atoms with E-state index in [1.807, 2.05) is 19.1 Å². The summed E-state index contributed by atoms with van der Waals surface area (Å²) in [5.74, 6) is -0.237. The summed E-state index contributed by atoms with van der Waals surface area (Å²) in [6.07, 6.45) is 1.74. The minimum absolute atomic E-state index is 0.0543. The summed E-state index contributed by atoms with van der Waals surface area (Å²) in [7, 11) is 0. The van der Waals surface area contributed by atoms with Crippen molar-refractivity contribution in [1.29, 1.82) is 0 Å². The number of nitrogens with one attached hydrogen (secondary N) is 1. The number of ether oxygens (including phenoxy) is 1. The Morgan fingerprint density at radius 2 is 2.15 bits per heavy atom. The van der Waals surface area contributed by atoms with Crippen LogP contribution in [0.5, 0.6) is 0 Å². The van der Waals surface area contributed by atoms with Crippen molar-refractivity contribution in [2.45, 2.75) is 26.3 Å². The number of carbonyl (C=O) groups excluding carboxylic acids is 1. The van der Waals surface area contributed by atoms with Crippen molar-refractivity contribution in [2.24, 2.45) is 5.92 Å². The lowest BCUT2D eigenvalue weighted by Gasteiger charge is -2.28. The second kappa shape index (κ2) is 7.18. The Morgan fingerprint density at radius 1 is 1.45 bits per heavy atom. The highest BCUT2D eigenvalue weighted by Crippen LogP contribution is 2.17. The van der Waals surface area contributed by atoms with Crippen LogP contribution >= 0.6 is 15.9 Å². The third-order valence-electron chi connectivity index (χ3n) is 3.75. The van der Waals surface area contributed by atoms with Gasteiger partial charge in [0.25, 0.3) is 0 Å². The van der Waals surface area contributed by atoms with Gasteiger partial charge in [-0.25, -0.2) is 4.39 Å². The first kappa shape index (κ1) is 15.4. The van der Waals surface area contributed by atoms with E-state index in [-0.39, 0.29) is 17.7 Å². The quantitative estimate of drug-likeness (QED) is 0.846. The second-order valence-corrected chi connectivity index (χ2v) is 6.06. The van der Waals surface area contributed by atoms with E-state index in [9.17, 15) is 9.18 Å². The van der Waals surface area contributed by atoms with Gasteiger partial charge in [-0.1, -0.05) is 6.07 Å². The Hall–Kier alpha value is -0.940. The normalized spacial score (nSPS) is 22.6. The lowest BCUT2D eigenvalue weighted by Crippen LogP contribution is -3.11. The fourth-order valence-corrected chi connectivity index (χ4v) is 3.06. The molecule has 0 saturated carbocycles. The van der Waals surface area contributed by atoms with Crippen LogP contribution in [0, 0.1) is 11.7 Å². The summed E-state index contributed by atoms with van der Waals surface area (Å²) in [5, 5.41) is 0. The summed E-state index contributed by atoms with van der Waals surface area (Å²) in [4.78, 5) is 13.1. The number of carbonyl (C=O) groups is 1. The third kappa shape index (κ3) is 4.03. The van der Waals surface area contributed by atoms with E-state index in [1.165, 1.54) is 11.0 Å². The highest BCUT2D eigenvalue weighted by atomic mass is 79.9. The van der Waals surface area contributed by atoms with Gasteiger partial charge in [-0.15, -0.1) is 0 Å². The minimum atomic E-state index is -0.232. The number of quaternary nitrogens is 1. The van der Waals surface area contributed by atoms with Crippen molar-refractivity contribution in [1.82, 2.24) is 0 Å². The number of likely N-dealkylation sites (tertiary alicyclic amines) is 1. The van der Waals surface area contributed by atoms with Crippen LogP contribution in [0.25, 0.3) is 0 Å². The molecule has 0 amide bonds.